The summed E-state index contributed by atoms with van der Waals surface area (Å²) in [5, 5.41) is 0. The van der Waals surface area contributed by atoms with Crippen molar-refractivity contribution >= 4 is 28.3 Å². The van der Waals surface area contributed by atoms with Crippen LogP contribution in [0.1, 0.15) is 33.6 Å². The predicted molar refractivity (Wildman–Crippen MR) is 69.8 cm³/mol. The molecule has 0 aromatic heterocycles. The van der Waals surface area contributed by atoms with Crippen LogP contribution in [0.3, 0.4) is 0 Å². The van der Waals surface area contributed by atoms with Gasteiger partial charge in [-0.3, -0.25) is 4.99 Å². The average molecular weight is 291 g/mol. The highest BCUT2D eigenvalue weighted by Crippen LogP contribution is 2.10. The third-order valence-electron chi connectivity index (χ3n) is 1.78. The number of nitrogens with zero attached hydrogens (tertiary/aromatic N) is 1. The predicted octanol–water partition coefficient (Wildman–Crippen LogP) is 4.14. The Morgan fingerprint density at radius 3 is 2.54 bits per heavy atom. The zero-order chi connectivity index (χ0) is 10.3. The van der Waals surface area contributed by atoms with E-state index in [1.165, 1.54) is 14.9 Å². The van der Waals surface area contributed by atoms with Crippen LogP contribution in [0.4, 0.5) is 0 Å². The number of hydrogen-bond acceptors (Lipinski definition) is 1. The minimum atomic E-state index is 0.837. The van der Waals surface area contributed by atoms with Gasteiger partial charge in [-0.1, -0.05) is 25.2 Å². The zero-order valence-corrected chi connectivity index (χ0v) is 10.9. The smallest absolute Gasteiger partial charge is 0.0596 e. The minimum Gasteiger partial charge on any atom is -0.290 e. The molecule has 0 saturated heterocycles. The quantitative estimate of drug-likeness (QED) is 0.410. The first-order valence-corrected chi connectivity index (χ1v) is 5.63. The molecule has 0 heterocycles. The van der Waals surface area contributed by atoms with E-state index in [2.05, 4.69) is 61.0 Å². The van der Waals surface area contributed by atoms with E-state index in [4.69, 9.17) is 0 Å². The largest absolute Gasteiger partial charge is 0.290 e. The fourth-order valence-electron chi connectivity index (χ4n) is 0.721. The molecule has 0 fully saturated rings. The molecule has 0 bridgehead atoms. The van der Waals surface area contributed by atoms with Crippen LogP contribution in [-0.4, -0.2) is 12.3 Å². The van der Waals surface area contributed by atoms with Crippen molar-refractivity contribution in [2.24, 2.45) is 4.99 Å². The van der Waals surface area contributed by atoms with Gasteiger partial charge in [0.1, 0.15) is 0 Å². The molecule has 0 N–H and O–H groups in total. The molecule has 0 aliphatic heterocycles. The van der Waals surface area contributed by atoms with Gasteiger partial charge in [-0.15, -0.1) is 0 Å². The lowest BCUT2D eigenvalue weighted by Crippen LogP contribution is -1.91. The van der Waals surface area contributed by atoms with E-state index < -0.39 is 0 Å². The monoisotopic (exact) mass is 291 g/mol. The number of rotatable bonds is 5. The molecule has 1 nitrogen and oxygen atoms in total. The number of hydrogen-bond donors (Lipinski definition) is 0. The summed E-state index contributed by atoms with van der Waals surface area (Å²) in [6.07, 6.45) is 4.21. The van der Waals surface area contributed by atoms with Crippen molar-refractivity contribution in [1.82, 2.24) is 0 Å². The Morgan fingerprint density at radius 2 is 2.08 bits per heavy atom. The van der Waals surface area contributed by atoms with Gasteiger partial charge < -0.3 is 0 Å². The Balaban J connectivity index is 3.92. The van der Waals surface area contributed by atoms with Crippen molar-refractivity contribution < 1.29 is 0 Å². The van der Waals surface area contributed by atoms with Gasteiger partial charge in [0.15, 0.2) is 0 Å². The molecule has 0 unspecified atom stereocenters. The van der Waals surface area contributed by atoms with Gasteiger partial charge in [0, 0.05) is 5.71 Å². The topological polar surface area (TPSA) is 12.4 Å². The van der Waals surface area contributed by atoms with Gasteiger partial charge in [-0.05, 0) is 52.9 Å². The van der Waals surface area contributed by atoms with Crippen LogP contribution in [0.15, 0.2) is 26.8 Å². The van der Waals surface area contributed by atoms with Crippen LogP contribution in [0.25, 0.3) is 0 Å². The minimum absolute atomic E-state index is 0.837. The highest BCUT2D eigenvalue weighted by atomic mass is 127. The number of aliphatic imine (C=N–C) groups is 1. The van der Waals surface area contributed by atoms with Crippen molar-refractivity contribution in [3.8, 4) is 0 Å². The van der Waals surface area contributed by atoms with Gasteiger partial charge >= 0.3 is 0 Å². The summed E-state index contributed by atoms with van der Waals surface area (Å²) in [6.45, 7) is 11.0. The van der Waals surface area contributed by atoms with Crippen molar-refractivity contribution in [2.75, 3.05) is 6.54 Å². The molecule has 0 amide bonds. The Labute approximate surface area is 95.2 Å². The van der Waals surface area contributed by atoms with Crippen molar-refractivity contribution in [1.29, 1.82) is 0 Å². The fourth-order valence-corrected chi connectivity index (χ4v) is 0.941. The first-order chi connectivity index (χ1) is 6.06. The fraction of sp³-hybridized carbons (Fsp3) is 0.545. The molecular weight excluding hydrogens is 273 g/mol. The van der Waals surface area contributed by atoms with Gasteiger partial charge in [0.2, 0.25) is 0 Å². The molecule has 0 aliphatic rings. The molecule has 0 aliphatic carbocycles. The SMILES string of the molecule is C=C(I)C/C=C(/C)C/N=C(/C)CC. The maximum atomic E-state index is 4.44. The Hall–Kier alpha value is -0.120. The first-order valence-electron chi connectivity index (χ1n) is 4.55. The lowest BCUT2D eigenvalue weighted by Gasteiger charge is -1.98. The van der Waals surface area contributed by atoms with Crippen molar-refractivity contribution in [3.05, 3.63) is 21.8 Å². The lowest BCUT2D eigenvalue weighted by atomic mass is 10.2. The van der Waals surface area contributed by atoms with E-state index in [0.29, 0.717) is 0 Å². The maximum absolute atomic E-state index is 4.44. The van der Waals surface area contributed by atoms with Crippen molar-refractivity contribution in [3.63, 3.8) is 0 Å². The van der Waals surface area contributed by atoms with E-state index in [0.717, 1.165) is 19.4 Å². The van der Waals surface area contributed by atoms with Crippen LogP contribution in [-0.2, 0) is 0 Å². The van der Waals surface area contributed by atoms with Crippen molar-refractivity contribution in [2.45, 2.75) is 33.6 Å². The van der Waals surface area contributed by atoms with E-state index >= 15 is 0 Å². The van der Waals surface area contributed by atoms with Crippen LogP contribution in [0.5, 0.6) is 0 Å². The lowest BCUT2D eigenvalue weighted by molar-refractivity contribution is 1.08. The molecule has 0 radical (unpaired) electrons. The Morgan fingerprint density at radius 1 is 1.46 bits per heavy atom. The highest BCUT2D eigenvalue weighted by molar-refractivity contribution is 14.1. The molecule has 0 spiro atoms. The summed E-state index contributed by atoms with van der Waals surface area (Å²) in [5.41, 5.74) is 2.55. The van der Waals surface area contributed by atoms with E-state index in [1.54, 1.807) is 0 Å². The molecule has 2 heteroatoms. The zero-order valence-electron chi connectivity index (χ0n) is 8.73. The summed E-state index contributed by atoms with van der Waals surface area (Å²) >= 11 is 2.25. The molecule has 0 saturated carbocycles. The first kappa shape index (κ1) is 12.9. The Kier molecular flexibility index (Phi) is 7.23. The van der Waals surface area contributed by atoms with E-state index in [9.17, 15) is 0 Å². The maximum Gasteiger partial charge on any atom is 0.0596 e. The normalized spacial score (nSPS) is 13.2. The summed E-state index contributed by atoms with van der Waals surface area (Å²) in [5.74, 6) is 0. The second kappa shape index (κ2) is 7.30. The molecule has 0 aromatic carbocycles. The molecular formula is C11H18IN. The summed E-state index contributed by atoms with van der Waals surface area (Å²) in [7, 11) is 0. The highest BCUT2D eigenvalue weighted by Gasteiger charge is 1.89. The van der Waals surface area contributed by atoms with Crippen LogP contribution < -0.4 is 0 Å². The van der Waals surface area contributed by atoms with E-state index in [1.807, 2.05) is 0 Å². The molecule has 74 valence electrons. The molecule has 0 atom stereocenters. The van der Waals surface area contributed by atoms with E-state index in [-0.39, 0.29) is 0 Å². The number of allylic oxidation sites excluding steroid dienone is 2. The third-order valence-corrected chi connectivity index (χ3v) is 2.22. The summed E-state index contributed by atoms with van der Waals surface area (Å²) in [6, 6.07) is 0. The number of halogens is 1. The average Bonchev–Trinajstić information content (AvgIpc) is 2.10. The van der Waals surface area contributed by atoms with Crippen LogP contribution >= 0.6 is 22.6 Å². The summed E-state index contributed by atoms with van der Waals surface area (Å²) < 4.78 is 1.17. The molecule has 0 aromatic rings. The van der Waals surface area contributed by atoms with Gasteiger partial charge in [-0.25, -0.2) is 0 Å². The van der Waals surface area contributed by atoms with Gasteiger partial charge in [0.25, 0.3) is 0 Å². The van der Waals surface area contributed by atoms with Crippen LogP contribution in [0.2, 0.25) is 0 Å². The third kappa shape index (κ3) is 8.22. The molecule has 13 heavy (non-hydrogen) atoms. The Bertz CT molecular complexity index is 226. The summed E-state index contributed by atoms with van der Waals surface area (Å²) in [4.78, 5) is 4.44. The van der Waals surface area contributed by atoms with Gasteiger partial charge in [-0.2, -0.15) is 0 Å². The van der Waals surface area contributed by atoms with Gasteiger partial charge in [0.05, 0.1) is 6.54 Å². The second-order valence-corrected chi connectivity index (χ2v) is 4.70. The van der Waals surface area contributed by atoms with Crippen LogP contribution in [0, 0.1) is 0 Å². The second-order valence-electron chi connectivity index (χ2n) is 3.18. The molecule has 0 rings (SSSR count). The standard InChI is InChI=1S/C11H18IN/c1-5-11(4)13-8-9(2)6-7-10(3)12/h6H,3,5,7-8H2,1-2,4H3/b9-6-,13-11-.